The van der Waals surface area contributed by atoms with Gasteiger partial charge in [0.2, 0.25) is 6.79 Å². The minimum absolute atomic E-state index is 0.341. The predicted octanol–water partition coefficient (Wildman–Crippen LogP) is 5.18. The Morgan fingerprint density at radius 2 is 1.92 bits per heavy atom. The molecule has 5 rings (SSSR count). The number of nitrogens with zero attached hydrogens (tertiary/aromatic N) is 1. The van der Waals surface area contributed by atoms with Crippen molar-refractivity contribution in [2.45, 2.75) is 36.3 Å². The summed E-state index contributed by atoms with van der Waals surface area (Å²) >= 11 is 2.00. The first-order valence-electron chi connectivity index (χ1n) is 9.18. The minimum Gasteiger partial charge on any atom is -0.454 e. The fraction of sp³-hybridized carbons (Fsp3) is 0.429. The van der Waals surface area contributed by atoms with Crippen LogP contribution in [0.5, 0.6) is 11.5 Å². The second kappa shape index (κ2) is 6.17. The van der Waals surface area contributed by atoms with Gasteiger partial charge in [0.25, 0.3) is 0 Å². The lowest BCUT2D eigenvalue weighted by atomic mass is 10.1. The molecule has 2 heterocycles. The Kier molecular flexibility index (Phi) is 3.81. The molecule has 1 fully saturated rings. The van der Waals surface area contributed by atoms with Gasteiger partial charge in [-0.15, -0.1) is 11.8 Å². The maximum atomic E-state index is 5.59. The highest BCUT2D eigenvalue weighted by Gasteiger charge is 2.29. The van der Waals surface area contributed by atoms with Crippen molar-refractivity contribution in [1.82, 2.24) is 0 Å². The monoisotopic (exact) mass is 353 g/mol. The number of ether oxygens (including phenoxy) is 2. The molecule has 4 heteroatoms. The lowest BCUT2D eigenvalue weighted by molar-refractivity contribution is 0.174. The third-order valence-corrected chi connectivity index (χ3v) is 6.70. The molecule has 3 aliphatic rings. The lowest BCUT2D eigenvalue weighted by Gasteiger charge is -2.24. The van der Waals surface area contributed by atoms with Crippen molar-refractivity contribution in [3.05, 3.63) is 47.5 Å². The van der Waals surface area contributed by atoms with E-state index >= 15 is 0 Å². The average molecular weight is 353 g/mol. The lowest BCUT2D eigenvalue weighted by Crippen LogP contribution is -2.26. The van der Waals surface area contributed by atoms with E-state index in [1.165, 1.54) is 41.1 Å². The molecule has 25 heavy (non-hydrogen) atoms. The van der Waals surface area contributed by atoms with Gasteiger partial charge in [-0.05, 0) is 67.5 Å². The van der Waals surface area contributed by atoms with Gasteiger partial charge in [0.1, 0.15) is 0 Å². The minimum atomic E-state index is 0.341. The van der Waals surface area contributed by atoms with E-state index in [1.807, 2.05) is 11.8 Å². The first kappa shape index (κ1) is 15.4. The first-order valence-corrected chi connectivity index (χ1v) is 10.1. The quantitative estimate of drug-likeness (QED) is 0.758. The molecular weight excluding hydrogens is 330 g/mol. The molecule has 0 saturated heterocycles. The van der Waals surface area contributed by atoms with Crippen LogP contribution < -0.4 is 14.4 Å². The summed E-state index contributed by atoms with van der Waals surface area (Å²) in [6.07, 6.45) is 3.96. The number of thioether (sulfide) groups is 1. The maximum absolute atomic E-state index is 5.59. The summed E-state index contributed by atoms with van der Waals surface area (Å²) in [7, 11) is 0. The van der Waals surface area contributed by atoms with Gasteiger partial charge < -0.3 is 14.4 Å². The molecule has 0 radical (unpaired) electrons. The molecule has 0 amide bonds. The van der Waals surface area contributed by atoms with Crippen LogP contribution in [-0.4, -0.2) is 19.9 Å². The zero-order chi connectivity index (χ0) is 16.8. The molecule has 1 unspecified atom stereocenters. The largest absolute Gasteiger partial charge is 0.454 e. The van der Waals surface area contributed by atoms with Crippen LogP contribution >= 0.6 is 11.8 Å². The molecule has 130 valence electrons. The molecule has 2 aromatic carbocycles. The molecule has 1 atom stereocenters. The fourth-order valence-corrected chi connectivity index (χ4v) is 5.12. The SMILES string of the molecule is Cc1ccc2c(c1)SC(c1ccc3c(c1)OCO3)CCN2CC1CC1. The van der Waals surface area contributed by atoms with Gasteiger partial charge >= 0.3 is 0 Å². The zero-order valence-electron chi connectivity index (χ0n) is 14.5. The van der Waals surface area contributed by atoms with E-state index in [2.05, 4.69) is 48.2 Å². The molecule has 0 N–H and O–H groups in total. The fourth-order valence-electron chi connectivity index (χ4n) is 3.73. The highest BCUT2D eigenvalue weighted by atomic mass is 32.2. The van der Waals surface area contributed by atoms with Crippen LogP contribution in [-0.2, 0) is 0 Å². The van der Waals surface area contributed by atoms with Crippen LogP contribution in [0, 0.1) is 12.8 Å². The second-order valence-corrected chi connectivity index (χ2v) is 8.61. The number of fused-ring (bicyclic) bond motifs is 2. The smallest absolute Gasteiger partial charge is 0.231 e. The zero-order valence-corrected chi connectivity index (χ0v) is 15.3. The Balaban J connectivity index is 1.47. The number of benzene rings is 2. The molecule has 2 aromatic rings. The summed E-state index contributed by atoms with van der Waals surface area (Å²) in [6.45, 7) is 4.86. The first-order chi connectivity index (χ1) is 12.3. The van der Waals surface area contributed by atoms with Crippen molar-refractivity contribution in [3.63, 3.8) is 0 Å². The number of aryl methyl sites for hydroxylation is 1. The summed E-state index contributed by atoms with van der Waals surface area (Å²) in [5.41, 5.74) is 4.10. The summed E-state index contributed by atoms with van der Waals surface area (Å²) < 4.78 is 11.1. The third kappa shape index (κ3) is 3.08. The Hall–Kier alpha value is -1.81. The van der Waals surface area contributed by atoms with E-state index in [0.717, 1.165) is 30.4 Å². The summed E-state index contributed by atoms with van der Waals surface area (Å²) in [5, 5.41) is 0.458. The molecule has 1 aliphatic carbocycles. The maximum Gasteiger partial charge on any atom is 0.231 e. The topological polar surface area (TPSA) is 21.7 Å². The van der Waals surface area contributed by atoms with Gasteiger partial charge in [-0.25, -0.2) is 0 Å². The molecule has 0 bridgehead atoms. The van der Waals surface area contributed by atoms with Crippen LogP contribution in [0.15, 0.2) is 41.3 Å². The van der Waals surface area contributed by atoms with Gasteiger partial charge in [-0.1, -0.05) is 12.1 Å². The molecule has 3 nitrogen and oxygen atoms in total. The highest BCUT2D eigenvalue weighted by Crippen LogP contribution is 2.48. The van der Waals surface area contributed by atoms with Crippen LogP contribution in [0.1, 0.15) is 35.6 Å². The number of anilines is 1. The normalized spacial score (nSPS) is 21.8. The Morgan fingerprint density at radius 3 is 2.80 bits per heavy atom. The van der Waals surface area contributed by atoms with Gasteiger partial charge in [-0.2, -0.15) is 0 Å². The molecule has 1 saturated carbocycles. The van der Waals surface area contributed by atoms with Crippen molar-refractivity contribution < 1.29 is 9.47 Å². The number of hydrogen-bond acceptors (Lipinski definition) is 4. The van der Waals surface area contributed by atoms with E-state index in [-0.39, 0.29) is 0 Å². The van der Waals surface area contributed by atoms with Crippen molar-refractivity contribution >= 4 is 17.4 Å². The van der Waals surface area contributed by atoms with E-state index in [0.29, 0.717) is 12.0 Å². The van der Waals surface area contributed by atoms with Gasteiger partial charge in [0.05, 0.1) is 5.69 Å². The van der Waals surface area contributed by atoms with Crippen molar-refractivity contribution in [1.29, 1.82) is 0 Å². The average Bonchev–Trinajstić information content (AvgIpc) is 3.34. The Labute approximate surface area is 153 Å². The highest BCUT2D eigenvalue weighted by molar-refractivity contribution is 7.99. The molecular formula is C21H23NO2S. The van der Waals surface area contributed by atoms with Gasteiger partial charge in [0, 0.05) is 23.2 Å². The Bertz CT molecular complexity index is 802. The van der Waals surface area contributed by atoms with E-state index in [9.17, 15) is 0 Å². The van der Waals surface area contributed by atoms with Crippen molar-refractivity contribution in [2.24, 2.45) is 5.92 Å². The van der Waals surface area contributed by atoms with Crippen molar-refractivity contribution in [3.8, 4) is 11.5 Å². The van der Waals surface area contributed by atoms with E-state index < -0.39 is 0 Å². The van der Waals surface area contributed by atoms with Gasteiger partial charge in [-0.3, -0.25) is 0 Å². The van der Waals surface area contributed by atoms with Gasteiger partial charge in [0.15, 0.2) is 11.5 Å². The van der Waals surface area contributed by atoms with Crippen LogP contribution in [0.4, 0.5) is 5.69 Å². The van der Waals surface area contributed by atoms with E-state index in [4.69, 9.17) is 9.47 Å². The Morgan fingerprint density at radius 1 is 1.04 bits per heavy atom. The number of hydrogen-bond donors (Lipinski definition) is 0. The number of rotatable bonds is 3. The second-order valence-electron chi connectivity index (χ2n) is 7.37. The predicted molar refractivity (Wildman–Crippen MR) is 102 cm³/mol. The van der Waals surface area contributed by atoms with E-state index in [1.54, 1.807) is 0 Å². The third-order valence-electron chi connectivity index (χ3n) is 5.33. The molecule has 2 aliphatic heterocycles. The summed E-state index contributed by atoms with van der Waals surface area (Å²) in [4.78, 5) is 4.03. The van der Waals surface area contributed by atoms with Crippen LogP contribution in [0.25, 0.3) is 0 Å². The molecule has 0 spiro atoms. The standard InChI is InChI=1S/C21H23NO2S/c1-14-2-6-17-21(10-14)25-20(8-9-22(17)12-15-3-4-15)16-5-7-18-19(11-16)24-13-23-18/h2,5-7,10-11,15,20H,3-4,8-9,12-13H2,1H3. The summed E-state index contributed by atoms with van der Waals surface area (Å²) in [6, 6.07) is 13.4. The molecule has 0 aromatic heterocycles. The van der Waals surface area contributed by atoms with Crippen molar-refractivity contribution in [2.75, 3.05) is 24.8 Å². The van der Waals surface area contributed by atoms with Crippen LogP contribution in [0.3, 0.4) is 0 Å². The van der Waals surface area contributed by atoms with Crippen LogP contribution in [0.2, 0.25) is 0 Å². The summed E-state index contributed by atoms with van der Waals surface area (Å²) in [5.74, 6) is 2.66.